The zero-order chi connectivity index (χ0) is 78.4. The Morgan fingerprint density at radius 3 is 1.30 bits per heavy atom. The SMILES string of the molecule is CC(C)C[C@@H]1NC(=O)[C@H](CC(C)C)N(C)C(=O)C[C@@H](C(=O)N2CCCCC2)NC(=O)[C@H](CC(C)C)N(C)C(=O)CN(C)C(=O)[C@H]([C@@H](C)O)NC(=O)[C@H](CC2CSCN2)N(C)C(=O)[C@H](CC2CCCCC2)N(C)C(=O)[C@H](CC2CCCCC2)NC(=O)[C@H](CC2CCCCC2)N(C)C(=O)[C@H](CC(C)C)N(C)C1=O. The molecule has 27 heteroatoms. The summed E-state index contributed by atoms with van der Waals surface area (Å²) in [5.74, 6) is -6.83. The second-order valence-electron chi connectivity index (χ2n) is 34.0. The molecule has 6 fully saturated rings. The first-order valence-electron chi connectivity index (χ1n) is 40.4. The van der Waals surface area contributed by atoms with Crippen molar-refractivity contribution in [3.8, 4) is 0 Å². The van der Waals surface area contributed by atoms with Gasteiger partial charge in [0.25, 0.3) is 0 Å². The number of aliphatic hydroxyl groups is 1. The molecule has 106 heavy (non-hydrogen) atoms. The average Bonchev–Trinajstić information content (AvgIpc) is 0.928. The molecule has 12 amide bonds. The smallest absolute Gasteiger partial charge is 0.248 e. The van der Waals surface area contributed by atoms with E-state index >= 15 is 38.4 Å². The van der Waals surface area contributed by atoms with Crippen molar-refractivity contribution in [1.29, 1.82) is 0 Å². The number of likely N-dealkylation sites (tertiary alicyclic amines) is 1. The minimum absolute atomic E-state index is 0.0355. The molecule has 3 saturated heterocycles. The molecule has 0 spiro atoms. The molecule has 3 aliphatic carbocycles. The molecule has 6 N–H and O–H groups in total. The molecule has 0 aromatic carbocycles. The topological polar surface area (TPSA) is 311 Å². The summed E-state index contributed by atoms with van der Waals surface area (Å²) in [5.41, 5.74) is 0. The van der Waals surface area contributed by atoms with Gasteiger partial charge in [0, 0.05) is 80.1 Å². The summed E-state index contributed by atoms with van der Waals surface area (Å²) in [5, 5.41) is 26.8. The molecule has 3 saturated carbocycles. The van der Waals surface area contributed by atoms with Crippen molar-refractivity contribution in [3.63, 3.8) is 0 Å². The lowest BCUT2D eigenvalue weighted by atomic mass is 9.82. The Bertz CT molecular complexity index is 2930. The highest BCUT2D eigenvalue weighted by Gasteiger charge is 2.46. The fraction of sp³-hybridized carbons (Fsp3) is 0.848. The number of nitrogens with one attached hydrogen (secondary N) is 5. The van der Waals surface area contributed by atoms with E-state index in [0.717, 1.165) is 108 Å². The summed E-state index contributed by atoms with van der Waals surface area (Å²) in [4.78, 5) is 194. The Morgan fingerprint density at radius 1 is 0.415 bits per heavy atom. The largest absolute Gasteiger partial charge is 0.391 e. The Kier molecular flexibility index (Phi) is 35.8. The number of aliphatic hydroxyl groups excluding tert-OH is 1. The zero-order valence-corrected chi connectivity index (χ0v) is 68.2. The first-order valence-corrected chi connectivity index (χ1v) is 41.6. The van der Waals surface area contributed by atoms with E-state index in [0.29, 0.717) is 37.6 Å². The minimum Gasteiger partial charge on any atom is -0.391 e. The van der Waals surface area contributed by atoms with Crippen LogP contribution in [0.4, 0.5) is 0 Å². The van der Waals surface area contributed by atoms with Crippen LogP contribution < -0.4 is 26.6 Å². The highest BCUT2D eigenvalue weighted by atomic mass is 32.2. The van der Waals surface area contributed by atoms with Gasteiger partial charge in [0.15, 0.2) is 0 Å². The van der Waals surface area contributed by atoms with Crippen molar-refractivity contribution in [2.75, 3.05) is 80.6 Å². The number of rotatable bonds is 18. The first kappa shape index (κ1) is 88.8. The van der Waals surface area contributed by atoms with Gasteiger partial charge in [0.2, 0.25) is 70.9 Å². The van der Waals surface area contributed by atoms with E-state index in [1.807, 2.05) is 55.4 Å². The second kappa shape index (κ2) is 42.8. The Labute approximate surface area is 638 Å². The number of piperidine rings is 1. The normalized spacial score (nSPS) is 29.0. The molecule has 602 valence electrons. The van der Waals surface area contributed by atoms with E-state index in [1.165, 1.54) is 64.5 Å². The van der Waals surface area contributed by atoms with Crippen molar-refractivity contribution < 1.29 is 62.6 Å². The maximum atomic E-state index is 16.0. The van der Waals surface area contributed by atoms with Gasteiger partial charge in [0.1, 0.15) is 60.4 Å². The van der Waals surface area contributed by atoms with E-state index in [4.69, 9.17) is 0 Å². The van der Waals surface area contributed by atoms with Crippen LogP contribution in [0.1, 0.15) is 236 Å². The molecule has 3 aliphatic heterocycles. The highest BCUT2D eigenvalue weighted by Crippen LogP contribution is 2.34. The van der Waals surface area contributed by atoms with E-state index in [-0.39, 0.29) is 98.8 Å². The van der Waals surface area contributed by atoms with Gasteiger partial charge in [-0.15, -0.1) is 11.8 Å². The van der Waals surface area contributed by atoms with Gasteiger partial charge in [0.05, 0.1) is 19.1 Å². The maximum Gasteiger partial charge on any atom is 0.248 e. The number of amides is 12. The summed E-state index contributed by atoms with van der Waals surface area (Å²) in [6, 6.07) is -12.7. The number of hydrogen-bond donors (Lipinski definition) is 6. The number of carbonyl (C=O) groups excluding carboxylic acids is 12. The van der Waals surface area contributed by atoms with Crippen LogP contribution in [0.25, 0.3) is 0 Å². The summed E-state index contributed by atoms with van der Waals surface area (Å²) in [6.45, 7) is 16.7. The van der Waals surface area contributed by atoms with Crippen molar-refractivity contribution in [1.82, 2.24) is 65.8 Å². The number of hydrogen-bond acceptors (Lipinski definition) is 15. The van der Waals surface area contributed by atoms with Gasteiger partial charge in [-0.2, -0.15) is 0 Å². The summed E-state index contributed by atoms with van der Waals surface area (Å²) >= 11 is 1.62. The maximum absolute atomic E-state index is 16.0. The monoisotopic (exact) mass is 1510 g/mol. The predicted molar refractivity (Wildman–Crippen MR) is 412 cm³/mol. The quantitative estimate of drug-likeness (QED) is 0.0878. The Morgan fingerprint density at radius 2 is 0.811 bits per heavy atom. The molecule has 6 rings (SSSR count). The lowest BCUT2D eigenvalue weighted by molar-refractivity contribution is -0.152. The summed E-state index contributed by atoms with van der Waals surface area (Å²) in [6.07, 6.45) is 15.3. The lowest BCUT2D eigenvalue weighted by Crippen LogP contribution is -2.62. The fourth-order valence-electron chi connectivity index (χ4n) is 16.8. The van der Waals surface area contributed by atoms with Gasteiger partial charge in [-0.1, -0.05) is 152 Å². The molecule has 6 aliphatic rings. The molecule has 1 unspecified atom stereocenters. The van der Waals surface area contributed by atoms with Crippen LogP contribution in [0.3, 0.4) is 0 Å². The third-order valence-electron chi connectivity index (χ3n) is 23.4. The lowest BCUT2D eigenvalue weighted by Gasteiger charge is -2.40. The molecule has 0 radical (unpaired) electrons. The van der Waals surface area contributed by atoms with Crippen LogP contribution in [0.5, 0.6) is 0 Å². The van der Waals surface area contributed by atoms with E-state index < -0.39 is 150 Å². The van der Waals surface area contributed by atoms with Crippen LogP contribution in [0.15, 0.2) is 0 Å². The van der Waals surface area contributed by atoms with Gasteiger partial charge < -0.3 is 70.9 Å². The third-order valence-corrected chi connectivity index (χ3v) is 24.4. The number of nitrogens with zero attached hydrogens (tertiary/aromatic N) is 8. The fourth-order valence-corrected chi connectivity index (χ4v) is 17.8. The predicted octanol–water partition coefficient (Wildman–Crippen LogP) is 6.29. The van der Waals surface area contributed by atoms with Crippen LogP contribution >= 0.6 is 11.8 Å². The Hall–Kier alpha value is -6.09. The molecule has 0 aromatic rings. The minimum atomic E-state index is -1.64. The van der Waals surface area contributed by atoms with Crippen molar-refractivity contribution in [2.24, 2.45) is 41.4 Å². The van der Waals surface area contributed by atoms with Crippen molar-refractivity contribution in [3.05, 3.63) is 0 Å². The van der Waals surface area contributed by atoms with Crippen LogP contribution in [-0.2, 0) is 57.5 Å². The van der Waals surface area contributed by atoms with Gasteiger partial charge >= 0.3 is 0 Å². The number of thioether (sulfide) groups is 1. The number of carbonyl (C=O) groups is 12. The molecule has 3 heterocycles. The summed E-state index contributed by atoms with van der Waals surface area (Å²) < 4.78 is 0. The third kappa shape index (κ3) is 25.8. The van der Waals surface area contributed by atoms with Gasteiger partial charge in [-0.3, -0.25) is 57.5 Å². The van der Waals surface area contributed by atoms with E-state index in [9.17, 15) is 24.3 Å². The highest BCUT2D eigenvalue weighted by molar-refractivity contribution is 7.99. The Balaban J connectivity index is 1.51. The molecule has 0 aromatic heterocycles. The molecule has 26 nitrogen and oxygen atoms in total. The molecular weight excluding hydrogens is 1370 g/mol. The first-order chi connectivity index (χ1) is 50.1. The van der Waals surface area contributed by atoms with Crippen LogP contribution in [-0.4, -0.2) is 268 Å². The van der Waals surface area contributed by atoms with Gasteiger partial charge in [-0.25, -0.2) is 0 Å². The number of likely N-dealkylation sites (N-methyl/N-ethyl adjacent to an activating group) is 7. The van der Waals surface area contributed by atoms with Gasteiger partial charge in [-0.05, 0) is 119 Å². The van der Waals surface area contributed by atoms with Crippen molar-refractivity contribution >= 4 is 82.6 Å². The molecular formula is C79H137N13O13S. The molecule has 0 bridgehead atoms. The average molecular weight is 1510 g/mol. The van der Waals surface area contributed by atoms with Crippen LogP contribution in [0.2, 0.25) is 0 Å². The van der Waals surface area contributed by atoms with E-state index in [1.54, 1.807) is 37.8 Å². The standard InChI is InChI=1S/C79H137N13O13S/c1-49(2)37-58-74(100)90(15)65(40-52(7)8)77(103)88(13)63(42-55-31-23-18-24-32-55)72(98)82-59(41-54-29-21-17-22-30-54)75(101)91(16)66(43-56-33-25-19-26-34-56)78(104)89(14)64(44-57-47-106-48-80-57)73(99)84-69(53(9)93)79(105)85(10)46-68(95)87(12)62(39-51(5)6)71(97)83-60(76(102)92-35-27-20-28-36-92)45-67(94)86(11)61(38-50(3)4)70(96)81-58/h49-66,69,80,93H,17-48H2,1-16H3,(H,81,96)(H,82,98)(H,83,97)(H,84,99)/t53-,57?,58+,59+,60+,61+,62+,63+,64+,65+,66+,69+/m1/s1. The molecule has 12 atom stereocenters. The van der Waals surface area contributed by atoms with E-state index in [2.05, 4.69) is 26.6 Å². The second-order valence-corrected chi connectivity index (χ2v) is 35.0. The zero-order valence-electron chi connectivity index (χ0n) is 67.4. The van der Waals surface area contributed by atoms with Crippen molar-refractivity contribution in [2.45, 2.75) is 308 Å². The summed E-state index contributed by atoms with van der Waals surface area (Å²) in [7, 11) is 10.5. The van der Waals surface area contributed by atoms with Crippen LogP contribution in [0, 0.1) is 41.4 Å².